The van der Waals surface area contributed by atoms with E-state index in [1.165, 1.54) is 12.8 Å². The first-order chi connectivity index (χ1) is 8.08. The van der Waals surface area contributed by atoms with Gasteiger partial charge in [-0.2, -0.15) is 0 Å². The summed E-state index contributed by atoms with van der Waals surface area (Å²) in [5, 5.41) is 0. The molecule has 0 saturated heterocycles. The Morgan fingerprint density at radius 3 is 2.41 bits per heavy atom. The molecule has 1 aliphatic rings. The number of carbonyl (C=O) groups is 1. The van der Waals surface area contributed by atoms with Crippen molar-refractivity contribution >= 4 is 21.8 Å². The Morgan fingerprint density at radius 2 is 1.94 bits per heavy atom. The number of amides is 1. The molecule has 17 heavy (non-hydrogen) atoms. The van der Waals surface area contributed by atoms with Crippen molar-refractivity contribution in [1.29, 1.82) is 0 Å². The third kappa shape index (κ3) is 3.32. The van der Waals surface area contributed by atoms with Gasteiger partial charge in [0.05, 0.1) is 6.42 Å². The minimum Gasteiger partial charge on any atom is -0.337 e. The summed E-state index contributed by atoms with van der Waals surface area (Å²) in [5.74, 6) is 0.254. The number of hydrogen-bond acceptors (Lipinski definition) is 1. The lowest BCUT2D eigenvalue weighted by atomic mass is 10.1. The molecule has 2 rings (SSSR count). The van der Waals surface area contributed by atoms with Crippen molar-refractivity contribution in [3.8, 4) is 0 Å². The van der Waals surface area contributed by atoms with Crippen molar-refractivity contribution in [3.63, 3.8) is 0 Å². The van der Waals surface area contributed by atoms with E-state index in [4.69, 9.17) is 0 Å². The van der Waals surface area contributed by atoms with Crippen molar-refractivity contribution in [3.05, 3.63) is 34.3 Å². The first-order valence-electron chi connectivity index (χ1n) is 6.13. The average molecular weight is 296 g/mol. The molecule has 0 aliphatic heterocycles. The van der Waals surface area contributed by atoms with Crippen LogP contribution in [0.2, 0.25) is 0 Å². The maximum Gasteiger partial charge on any atom is 0.227 e. The van der Waals surface area contributed by atoms with Crippen molar-refractivity contribution in [2.24, 2.45) is 0 Å². The van der Waals surface area contributed by atoms with Gasteiger partial charge >= 0.3 is 0 Å². The lowest BCUT2D eigenvalue weighted by Crippen LogP contribution is -2.39. The SMILES string of the molecule is CC(C)N(C(=O)Cc1ccc(Br)cc1)C1CC1. The van der Waals surface area contributed by atoms with E-state index in [1.807, 2.05) is 29.2 Å². The topological polar surface area (TPSA) is 20.3 Å². The zero-order valence-corrected chi connectivity index (χ0v) is 11.9. The molecule has 0 atom stereocenters. The molecule has 0 spiro atoms. The number of hydrogen-bond donors (Lipinski definition) is 0. The number of benzene rings is 1. The fraction of sp³-hybridized carbons (Fsp3) is 0.500. The Morgan fingerprint density at radius 1 is 1.35 bits per heavy atom. The second-order valence-corrected chi connectivity index (χ2v) is 5.84. The monoisotopic (exact) mass is 295 g/mol. The van der Waals surface area contributed by atoms with Gasteiger partial charge in [0.1, 0.15) is 0 Å². The van der Waals surface area contributed by atoms with E-state index >= 15 is 0 Å². The summed E-state index contributed by atoms with van der Waals surface area (Å²) in [6.07, 6.45) is 2.86. The van der Waals surface area contributed by atoms with E-state index in [1.54, 1.807) is 0 Å². The molecule has 92 valence electrons. The highest BCUT2D eigenvalue weighted by molar-refractivity contribution is 9.10. The van der Waals surface area contributed by atoms with Crippen LogP contribution in [0.1, 0.15) is 32.3 Å². The second-order valence-electron chi connectivity index (χ2n) is 4.93. The molecule has 1 fully saturated rings. The number of halogens is 1. The number of nitrogens with zero attached hydrogens (tertiary/aromatic N) is 1. The van der Waals surface area contributed by atoms with E-state index in [0.717, 1.165) is 10.0 Å². The van der Waals surface area contributed by atoms with Gasteiger partial charge in [0, 0.05) is 16.6 Å². The summed E-state index contributed by atoms with van der Waals surface area (Å²) < 4.78 is 1.05. The molecule has 1 saturated carbocycles. The summed E-state index contributed by atoms with van der Waals surface area (Å²) in [5.41, 5.74) is 1.09. The molecular formula is C14H18BrNO. The van der Waals surface area contributed by atoms with Gasteiger partial charge in [0.2, 0.25) is 5.91 Å². The van der Waals surface area contributed by atoms with Gasteiger partial charge in [-0.15, -0.1) is 0 Å². The van der Waals surface area contributed by atoms with Crippen molar-refractivity contribution in [2.45, 2.75) is 45.2 Å². The Kier molecular flexibility index (Phi) is 3.87. The first-order valence-corrected chi connectivity index (χ1v) is 6.93. The summed E-state index contributed by atoms with van der Waals surface area (Å²) in [6, 6.07) is 8.79. The average Bonchev–Trinajstić information content (AvgIpc) is 3.05. The van der Waals surface area contributed by atoms with E-state index in [-0.39, 0.29) is 5.91 Å². The molecule has 2 nitrogen and oxygen atoms in total. The Hall–Kier alpha value is -0.830. The van der Waals surface area contributed by atoms with E-state index in [0.29, 0.717) is 18.5 Å². The van der Waals surface area contributed by atoms with E-state index in [2.05, 4.69) is 29.8 Å². The van der Waals surface area contributed by atoms with Crippen LogP contribution in [0.4, 0.5) is 0 Å². The van der Waals surface area contributed by atoms with Crippen molar-refractivity contribution in [2.75, 3.05) is 0 Å². The van der Waals surface area contributed by atoms with Gasteiger partial charge in [-0.3, -0.25) is 4.79 Å². The van der Waals surface area contributed by atoms with Gasteiger partial charge in [0.15, 0.2) is 0 Å². The van der Waals surface area contributed by atoms with Crippen molar-refractivity contribution < 1.29 is 4.79 Å². The predicted octanol–water partition coefficient (Wildman–Crippen LogP) is 3.39. The van der Waals surface area contributed by atoms with Gasteiger partial charge < -0.3 is 4.90 Å². The van der Waals surface area contributed by atoms with E-state index < -0.39 is 0 Å². The summed E-state index contributed by atoms with van der Waals surface area (Å²) >= 11 is 3.40. The van der Waals surface area contributed by atoms with Crippen molar-refractivity contribution in [1.82, 2.24) is 4.90 Å². The predicted molar refractivity (Wildman–Crippen MR) is 72.9 cm³/mol. The molecule has 0 aromatic heterocycles. The number of rotatable bonds is 4. The smallest absolute Gasteiger partial charge is 0.227 e. The Labute approximate surface area is 111 Å². The second kappa shape index (κ2) is 5.21. The van der Waals surface area contributed by atoms with Crippen LogP contribution in [0.3, 0.4) is 0 Å². The van der Waals surface area contributed by atoms with Crippen LogP contribution >= 0.6 is 15.9 Å². The minimum atomic E-state index is 0.254. The molecule has 0 radical (unpaired) electrons. The lowest BCUT2D eigenvalue weighted by molar-refractivity contribution is -0.132. The third-order valence-electron chi connectivity index (χ3n) is 3.05. The highest BCUT2D eigenvalue weighted by Gasteiger charge is 2.33. The molecular weight excluding hydrogens is 278 g/mol. The van der Waals surface area contributed by atoms with Crippen LogP contribution in [-0.4, -0.2) is 22.9 Å². The maximum absolute atomic E-state index is 12.2. The zero-order valence-electron chi connectivity index (χ0n) is 10.3. The highest BCUT2D eigenvalue weighted by Crippen LogP contribution is 2.29. The lowest BCUT2D eigenvalue weighted by Gasteiger charge is -2.26. The minimum absolute atomic E-state index is 0.254. The highest BCUT2D eigenvalue weighted by atomic mass is 79.9. The third-order valence-corrected chi connectivity index (χ3v) is 3.58. The Bertz CT molecular complexity index is 393. The van der Waals surface area contributed by atoms with E-state index in [9.17, 15) is 4.79 Å². The van der Waals surface area contributed by atoms with Crippen LogP contribution in [0.5, 0.6) is 0 Å². The van der Waals surface area contributed by atoms with Gasteiger partial charge in [-0.25, -0.2) is 0 Å². The normalized spacial score (nSPS) is 15.1. The number of carbonyl (C=O) groups excluding carboxylic acids is 1. The van der Waals surface area contributed by atoms with Crippen LogP contribution in [0.15, 0.2) is 28.7 Å². The molecule has 1 aromatic carbocycles. The molecule has 0 unspecified atom stereocenters. The summed E-state index contributed by atoms with van der Waals surface area (Å²) in [6.45, 7) is 4.19. The molecule has 0 heterocycles. The fourth-order valence-electron chi connectivity index (χ4n) is 2.13. The molecule has 0 N–H and O–H groups in total. The summed E-state index contributed by atoms with van der Waals surface area (Å²) in [7, 11) is 0. The van der Waals surface area contributed by atoms with Crippen LogP contribution < -0.4 is 0 Å². The van der Waals surface area contributed by atoms with Crippen LogP contribution in [-0.2, 0) is 11.2 Å². The van der Waals surface area contributed by atoms with Gasteiger partial charge in [0.25, 0.3) is 0 Å². The largest absolute Gasteiger partial charge is 0.337 e. The molecule has 0 bridgehead atoms. The van der Waals surface area contributed by atoms with Crippen LogP contribution in [0, 0.1) is 0 Å². The first kappa shape index (κ1) is 12.6. The zero-order chi connectivity index (χ0) is 12.4. The molecule has 1 amide bonds. The fourth-order valence-corrected chi connectivity index (χ4v) is 2.40. The Balaban J connectivity index is 2.02. The molecule has 1 aromatic rings. The quantitative estimate of drug-likeness (QED) is 0.834. The molecule has 3 heteroatoms. The molecule has 1 aliphatic carbocycles. The van der Waals surface area contributed by atoms with Crippen LogP contribution in [0.25, 0.3) is 0 Å². The van der Waals surface area contributed by atoms with Gasteiger partial charge in [-0.1, -0.05) is 28.1 Å². The maximum atomic E-state index is 12.2. The van der Waals surface area contributed by atoms with Gasteiger partial charge in [-0.05, 0) is 44.4 Å². The standard InChI is InChI=1S/C14H18BrNO/c1-10(2)16(13-7-8-13)14(17)9-11-3-5-12(15)6-4-11/h3-6,10,13H,7-9H2,1-2H3. The summed E-state index contributed by atoms with van der Waals surface area (Å²) in [4.78, 5) is 14.3.